The topological polar surface area (TPSA) is 117 Å². The number of nitrogens with two attached hydrogens (primary N) is 1. The second kappa shape index (κ2) is 52.1. The minimum absolute atomic E-state index is 0.0680. The van der Waals surface area contributed by atoms with Gasteiger partial charge in [0.05, 0.1) is 19.8 Å². The molecule has 0 saturated heterocycles. The molecule has 0 aliphatic heterocycles. The lowest BCUT2D eigenvalue weighted by atomic mass is 10.1. The van der Waals surface area contributed by atoms with E-state index in [1.165, 1.54) is 0 Å². The van der Waals surface area contributed by atoms with Crippen molar-refractivity contribution in [1.82, 2.24) is 0 Å². The Morgan fingerprint density at radius 3 is 1.18 bits per heavy atom. The van der Waals surface area contributed by atoms with Crippen LogP contribution in [0.1, 0.15) is 155 Å². The predicted octanol–water partition coefficient (Wildman–Crippen LogP) is 15.9. The maximum Gasteiger partial charge on any atom is 0.472 e. The summed E-state index contributed by atoms with van der Waals surface area (Å²) in [6, 6.07) is 0. The molecule has 3 N–H and O–H groups in total. The summed E-state index contributed by atoms with van der Waals surface area (Å²) in [5, 5.41) is 0. The summed E-state index contributed by atoms with van der Waals surface area (Å²) < 4.78 is 33.5. The Kier molecular flexibility index (Phi) is 49.0. The van der Waals surface area contributed by atoms with Gasteiger partial charge in [-0.25, -0.2) is 4.57 Å². The Bertz CT molecular complexity index is 1560. The summed E-state index contributed by atoms with van der Waals surface area (Å²) in [6.45, 7) is 4.52. The molecule has 370 valence electrons. The quantitative estimate of drug-likeness (QED) is 0.0268. The maximum atomic E-state index is 12.6. The van der Waals surface area contributed by atoms with E-state index >= 15 is 0 Å². The summed E-state index contributed by atoms with van der Waals surface area (Å²) in [5.74, 6) is -0.389. The van der Waals surface area contributed by atoms with Gasteiger partial charge in [0.2, 0.25) is 0 Å². The van der Waals surface area contributed by atoms with E-state index in [2.05, 4.69) is 172 Å². The number of hydrogen-bond donors (Lipinski definition) is 2. The van der Waals surface area contributed by atoms with Crippen LogP contribution in [-0.4, -0.2) is 49.9 Å². The van der Waals surface area contributed by atoms with Crippen molar-refractivity contribution < 1.29 is 32.8 Å². The number of unbranched alkanes of at least 4 members (excludes halogenated alkanes) is 6. The van der Waals surface area contributed by atoms with Crippen LogP contribution in [0.2, 0.25) is 0 Å². The van der Waals surface area contributed by atoms with Gasteiger partial charge in [0, 0.05) is 19.6 Å². The molecule has 0 aliphatic rings. The summed E-state index contributed by atoms with van der Waals surface area (Å²) >= 11 is 0. The van der Waals surface area contributed by atoms with Gasteiger partial charge < -0.3 is 20.1 Å². The molecule has 0 heterocycles. The third-order valence-corrected chi connectivity index (χ3v) is 10.4. The highest BCUT2D eigenvalue weighted by Crippen LogP contribution is 2.43. The summed E-state index contributed by atoms with van der Waals surface area (Å²) in [7, 11) is -4.32. The van der Waals surface area contributed by atoms with Crippen molar-refractivity contribution in [2.75, 3.05) is 33.0 Å². The van der Waals surface area contributed by atoms with Crippen molar-refractivity contribution >= 4 is 13.8 Å². The molecule has 66 heavy (non-hydrogen) atoms. The van der Waals surface area contributed by atoms with E-state index in [9.17, 15) is 14.3 Å². The van der Waals surface area contributed by atoms with Gasteiger partial charge in [0.25, 0.3) is 0 Å². The Balaban J connectivity index is 4.17. The van der Waals surface area contributed by atoms with Crippen LogP contribution in [0.5, 0.6) is 0 Å². The highest BCUT2D eigenvalue weighted by molar-refractivity contribution is 7.47. The molecule has 0 rings (SSSR count). The first-order chi connectivity index (χ1) is 32.4. The molecule has 0 amide bonds. The lowest BCUT2D eigenvalue weighted by molar-refractivity contribution is -0.154. The highest BCUT2D eigenvalue weighted by atomic mass is 31.2. The standard InChI is InChI=1S/C57H90NO7P/c1-3-5-7-9-11-13-15-17-19-21-23-25-26-27-28-29-31-33-35-37-39-41-43-45-47-49-52-62-54-56(55-64-66(60,61)63-53-51-58)65-57(59)50-48-46-44-42-40-38-36-34-32-30-24-22-20-18-16-14-12-10-8-6-4-2/h5-8,11-14,17-20,23-25,27-28,30-31,33-34,36-37,39-40,42,56H,3-4,9-10,15-16,21-22,26,29,32,35,38,41,43-55,58H2,1-2H3,(H,60,61)/b7-5-,8-6-,13-11-,14-12-,19-17-,20-18-,25-23-,28-27-,30-24-,33-31-,36-34-,39-37-,42-40-. The van der Waals surface area contributed by atoms with Crippen molar-refractivity contribution in [3.05, 3.63) is 158 Å². The summed E-state index contributed by atoms with van der Waals surface area (Å²) in [5.41, 5.74) is 5.38. The number of rotatable bonds is 45. The third kappa shape index (κ3) is 51.1. The molecule has 0 saturated carbocycles. The van der Waals surface area contributed by atoms with Crippen molar-refractivity contribution in [3.8, 4) is 0 Å². The van der Waals surface area contributed by atoms with Gasteiger partial charge in [-0.3, -0.25) is 13.8 Å². The molecule has 0 fully saturated rings. The Labute approximate surface area is 403 Å². The molecule has 2 unspecified atom stereocenters. The fraction of sp³-hybridized carbons (Fsp3) is 0.526. The summed E-state index contributed by atoms with van der Waals surface area (Å²) in [4.78, 5) is 22.6. The molecule has 0 radical (unpaired) electrons. The van der Waals surface area contributed by atoms with Crippen molar-refractivity contribution in [2.24, 2.45) is 5.73 Å². The van der Waals surface area contributed by atoms with E-state index in [1.54, 1.807) is 0 Å². The van der Waals surface area contributed by atoms with E-state index < -0.39 is 13.9 Å². The zero-order valence-corrected chi connectivity index (χ0v) is 42.0. The summed E-state index contributed by atoms with van der Waals surface area (Å²) in [6.07, 6.45) is 77.1. The van der Waals surface area contributed by atoms with E-state index in [4.69, 9.17) is 24.3 Å². The Hall–Kier alpha value is -3.88. The molecule has 0 spiro atoms. The van der Waals surface area contributed by atoms with Gasteiger partial charge >= 0.3 is 13.8 Å². The molecule has 2 atom stereocenters. The number of carbonyl (C=O) groups excluding carboxylic acids is 1. The van der Waals surface area contributed by atoms with Gasteiger partial charge in [0.15, 0.2) is 0 Å². The molecule has 0 bridgehead atoms. The number of phosphoric acid groups is 1. The van der Waals surface area contributed by atoms with Crippen LogP contribution < -0.4 is 5.73 Å². The van der Waals surface area contributed by atoms with Gasteiger partial charge in [0.1, 0.15) is 6.10 Å². The molecule has 0 aromatic carbocycles. The van der Waals surface area contributed by atoms with Crippen LogP contribution >= 0.6 is 7.82 Å². The monoisotopic (exact) mass is 932 g/mol. The first-order valence-corrected chi connectivity index (χ1v) is 26.5. The first-order valence-electron chi connectivity index (χ1n) is 25.0. The maximum absolute atomic E-state index is 12.6. The van der Waals surface area contributed by atoms with Crippen LogP contribution in [0.15, 0.2) is 158 Å². The van der Waals surface area contributed by atoms with Gasteiger partial charge in [-0.1, -0.05) is 185 Å². The number of carbonyl (C=O) groups is 1. The smallest absolute Gasteiger partial charge is 0.457 e. The molecule has 0 aromatic rings. The molecule has 0 aliphatic carbocycles. The van der Waals surface area contributed by atoms with Gasteiger partial charge in [-0.05, 0) is 122 Å². The Morgan fingerprint density at radius 2 is 0.803 bits per heavy atom. The predicted molar refractivity (Wildman–Crippen MR) is 283 cm³/mol. The minimum atomic E-state index is -4.32. The largest absolute Gasteiger partial charge is 0.472 e. The third-order valence-electron chi connectivity index (χ3n) is 9.44. The lowest BCUT2D eigenvalue weighted by Crippen LogP contribution is -2.28. The van der Waals surface area contributed by atoms with E-state index in [0.29, 0.717) is 13.0 Å². The molecule has 8 nitrogen and oxygen atoms in total. The fourth-order valence-electron chi connectivity index (χ4n) is 5.86. The van der Waals surface area contributed by atoms with Crippen molar-refractivity contribution in [2.45, 2.75) is 161 Å². The molecule has 9 heteroatoms. The van der Waals surface area contributed by atoms with Crippen LogP contribution in [-0.2, 0) is 27.9 Å². The van der Waals surface area contributed by atoms with Crippen molar-refractivity contribution in [1.29, 1.82) is 0 Å². The number of ether oxygens (including phenoxy) is 2. The van der Waals surface area contributed by atoms with Crippen LogP contribution in [0.3, 0.4) is 0 Å². The van der Waals surface area contributed by atoms with Crippen LogP contribution in [0.25, 0.3) is 0 Å². The second-order valence-corrected chi connectivity index (χ2v) is 17.0. The van der Waals surface area contributed by atoms with Crippen LogP contribution in [0.4, 0.5) is 0 Å². The lowest BCUT2D eigenvalue weighted by Gasteiger charge is -2.20. The van der Waals surface area contributed by atoms with E-state index in [-0.39, 0.29) is 38.8 Å². The zero-order valence-electron chi connectivity index (χ0n) is 41.1. The number of hydrogen-bond acceptors (Lipinski definition) is 7. The SMILES string of the molecule is CC/C=C\C/C=C\C/C=C\C/C=C\C/C=C\C/C=C\C/C=C\CCCCCCOCC(COP(=O)(O)OCCN)OC(=O)CCCC/C=C\C/C=C\C/C=C\C/C=C\C/C=C\C/C=C\CC. The minimum Gasteiger partial charge on any atom is -0.457 e. The molecule has 0 aromatic heterocycles. The van der Waals surface area contributed by atoms with Crippen molar-refractivity contribution in [3.63, 3.8) is 0 Å². The second-order valence-electron chi connectivity index (χ2n) is 15.6. The fourth-order valence-corrected chi connectivity index (χ4v) is 6.63. The number of allylic oxidation sites excluding steroid dienone is 26. The number of esters is 1. The average Bonchev–Trinajstić information content (AvgIpc) is 3.31. The highest BCUT2D eigenvalue weighted by Gasteiger charge is 2.25. The Morgan fingerprint density at radius 1 is 0.455 bits per heavy atom. The zero-order chi connectivity index (χ0) is 48.0. The van der Waals surface area contributed by atoms with E-state index in [1.807, 2.05) is 0 Å². The molecular formula is C57H90NO7P. The van der Waals surface area contributed by atoms with Crippen LogP contribution in [0, 0.1) is 0 Å². The first kappa shape index (κ1) is 62.1. The van der Waals surface area contributed by atoms with Gasteiger partial charge in [-0.15, -0.1) is 0 Å². The van der Waals surface area contributed by atoms with Gasteiger partial charge in [-0.2, -0.15) is 0 Å². The average molecular weight is 932 g/mol. The molecular weight excluding hydrogens is 842 g/mol. The number of phosphoric ester groups is 1. The van der Waals surface area contributed by atoms with E-state index in [0.717, 1.165) is 128 Å². The normalized spacial score (nSPS) is 14.7.